The maximum absolute atomic E-state index is 14.0. The fourth-order valence-corrected chi connectivity index (χ4v) is 7.26. The zero-order valence-corrected chi connectivity index (χ0v) is 20.7. The molecule has 3 aromatic rings. The predicted octanol–water partition coefficient (Wildman–Crippen LogP) is 3.96. The first-order valence-corrected chi connectivity index (χ1v) is 14.1. The minimum Gasteiger partial charge on any atom is -0.506 e. The van der Waals surface area contributed by atoms with Crippen molar-refractivity contribution in [1.29, 1.82) is 0 Å². The molecule has 0 spiro atoms. The Labute approximate surface area is 209 Å². The minimum atomic E-state index is -4.06. The van der Waals surface area contributed by atoms with E-state index in [0.29, 0.717) is 28.6 Å². The summed E-state index contributed by atoms with van der Waals surface area (Å²) in [4.78, 5) is 18.4. The lowest BCUT2D eigenvalue weighted by Gasteiger charge is -2.32. The highest BCUT2D eigenvalue weighted by molar-refractivity contribution is 7.90. The highest BCUT2D eigenvalue weighted by atomic mass is 32.2. The molecular weight excluding hydrogens is 478 g/mol. The van der Waals surface area contributed by atoms with Crippen molar-refractivity contribution in [1.82, 2.24) is 9.66 Å². The van der Waals surface area contributed by atoms with Crippen molar-refractivity contribution in [2.24, 2.45) is 16.2 Å². The number of benzene rings is 1. The lowest BCUT2D eigenvalue weighted by Crippen LogP contribution is -2.45. The number of para-hydroxylation sites is 1. The second-order valence-corrected chi connectivity index (χ2v) is 11.6. The van der Waals surface area contributed by atoms with Gasteiger partial charge in [-0.15, -0.1) is 4.40 Å². The Morgan fingerprint density at radius 2 is 1.67 bits per heavy atom. The minimum absolute atomic E-state index is 0.0247. The van der Waals surface area contributed by atoms with Crippen LogP contribution in [0.2, 0.25) is 0 Å². The lowest BCUT2D eigenvalue weighted by atomic mass is 9.86. The largest absolute Gasteiger partial charge is 0.506 e. The molecule has 9 nitrogen and oxygen atoms in total. The molecule has 2 aromatic heterocycles. The molecule has 0 bridgehead atoms. The predicted molar refractivity (Wildman–Crippen MR) is 139 cm³/mol. The number of anilines is 1. The average Bonchev–Trinajstić information content (AvgIpc) is 3.59. The maximum Gasteiger partial charge on any atom is 0.286 e. The first-order valence-electron chi connectivity index (χ1n) is 12.6. The molecule has 2 saturated carbocycles. The van der Waals surface area contributed by atoms with Crippen LogP contribution in [0.4, 0.5) is 5.69 Å². The summed E-state index contributed by atoms with van der Waals surface area (Å²) in [6.07, 6.45) is 10.8. The molecule has 0 unspecified atom stereocenters. The van der Waals surface area contributed by atoms with Crippen LogP contribution in [0.3, 0.4) is 0 Å². The summed E-state index contributed by atoms with van der Waals surface area (Å²) in [5, 5.41) is 14.5. The normalized spacial score (nSPS) is 19.9. The fraction of sp³-hybridized carbons (Fsp3) is 0.423. The summed E-state index contributed by atoms with van der Waals surface area (Å²) in [5.41, 5.74) is 3.36. The molecule has 0 amide bonds. The second kappa shape index (κ2) is 8.92. The Morgan fingerprint density at radius 3 is 2.36 bits per heavy atom. The van der Waals surface area contributed by atoms with Gasteiger partial charge in [0.1, 0.15) is 16.2 Å². The van der Waals surface area contributed by atoms with Gasteiger partial charge in [0.15, 0.2) is 11.5 Å². The number of pyridine rings is 2. The van der Waals surface area contributed by atoms with E-state index in [4.69, 9.17) is 0 Å². The molecule has 3 heterocycles. The number of nitrogens with one attached hydrogen (secondary N) is 2. The fourth-order valence-electron chi connectivity index (χ4n) is 6.14. The van der Waals surface area contributed by atoms with Crippen molar-refractivity contribution in [2.45, 2.75) is 62.3 Å². The standard InChI is InChI=1S/C26H29N5O4S/c32-23-18-12-7-15-27-25(18)31(29-22(16-8-1-2-9-16)17-10-3-4-11-17)26(33)21(23)24-28-19-13-5-6-14-20(19)36(34,35)30-24/h5-7,12-17,22,29,32H,1-4,8-11H2,(H,28,30). The number of amidine groups is 1. The quantitative estimate of drug-likeness (QED) is 0.477. The van der Waals surface area contributed by atoms with E-state index in [0.717, 1.165) is 25.7 Å². The zero-order valence-electron chi connectivity index (χ0n) is 19.9. The lowest BCUT2D eigenvalue weighted by molar-refractivity contribution is 0.318. The summed E-state index contributed by atoms with van der Waals surface area (Å²) in [5.74, 6) is 0.359. The van der Waals surface area contributed by atoms with Gasteiger partial charge in [-0.25, -0.2) is 9.66 Å². The van der Waals surface area contributed by atoms with Crippen LogP contribution in [0.15, 0.2) is 56.7 Å². The van der Waals surface area contributed by atoms with Crippen molar-refractivity contribution in [3.05, 3.63) is 58.5 Å². The Kier molecular flexibility index (Phi) is 5.70. The number of sulfonamides is 1. The molecule has 1 aliphatic heterocycles. The van der Waals surface area contributed by atoms with Crippen molar-refractivity contribution in [2.75, 3.05) is 10.7 Å². The van der Waals surface area contributed by atoms with Gasteiger partial charge in [-0.05, 0) is 61.8 Å². The zero-order chi connectivity index (χ0) is 24.9. The van der Waals surface area contributed by atoms with E-state index in [9.17, 15) is 18.3 Å². The second-order valence-electron chi connectivity index (χ2n) is 10.0. The van der Waals surface area contributed by atoms with Crippen molar-refractivity contribution >= 4 is 32.6 Å². The highest BCUT2D eigenvalue weighted by Crippen LogP contribution is 2.38. The van der Waals surface area contributed by atoms with Gasteiger partial charge in [0.05, 0.1) is 11.1 Å². The van der Waals surface area contributed by atoms with Crippen LogP contribution >= 0.6 is 0 Å². The topological polar surface area (TPSA) is 126 Å². The van der Waals surface area contributed by atoms with E-state index in [-0.39, 0.29) is 28.1 Å². The van der Waals surface area contributed by atoms with Gasteiger partial charge < -0.3 is 15.8 Å². The van der Waals surface area contributed by atoms with Crippen LogP contribution in [0.5, 0.6) is 5.75 Å². The van der Waals surface area contributed by atoms with Gasteiger partial charge in [0.25, 0.3) is 15.6 Å². The molecule has 0 atom stereocenters. The van der Waals surface area contributed by atoms with Crippen LogP contribution in [0.25, 0.3) is 11.0 Å². The number of hydrogen-bond donors (Lipinski definition) is 3. The number of hydrogen-bond acceptors (Lipinski definition) is 7. The molecule has 6 rings (SSSR count). The third kappa shape index (κ3) is 3.84. The third-order valence-electron chi connectivity index (χ3n) is 7.87. The van der Waals surface area contributed by atoms with Crippen molar-refractivity contribution < 1.29 is 13.5 Å². The molecule has 188 valence electrons. The summed E-state index contributed by atoms with van der Waals surface area (Å²) >= 11 is 0. The van der Waals surface area contributed by atoms with Crippen LogP contribution < -0.4 is 16.3 Å². The van der Waals surface area contributed by atoms with E-state index in [2.05, 4.69) is 20.1 Å². The average molecular weight is 508 g/mol. The first-order chi connectivity index (χ1) is 17.4. The smallest absolute Gasteiger partial charge is 0.286 e. The van der Waals surface area contributed by atoms with E-state index in [1.54, 1.807) is 36.5 Å². The first kappa shape index (κ1) is 23.0. The molecule has 3 aliphatic rings. The van der Waals surface area contributed by atoms with E-state index >= 15 is 0 Å². The highest BCUT2D eigenvalue weighted by Gasteiger charge is 2.35. The van der Waals surface area contributed by atoms with Gasteiger partial charge >= 0.3 is 0 Å². The van der Waals surface area contributed by atoms with E-state index in [1.165, 1.54) is 36.4 Å². The van der Waals surface area contributed by atoms with Gasteiger partial charge in [0, 0.05) is 12.2 Å². The van der Waals surface area contributed by atoms with Crippen molar-refractivity contribution in [3.8, 4) is 5.75 Å². The summed E-state index contributed by atoms with van der Waals surface area (Å²) in [6.45, 7) is 0. The van der Waals surface area contributed by atoms with E-state index in [1.807, 2.05) is 0 Å². The monoisotopic (exact) mass is 507 g/mol. The van der Waals surface area contributed by atoms with Crippen LogP contribution in [0.1, 0.15) is 56.9 Å². The number of fused-ring (bicyclic) bond motifs is 2. The molecule has 0 saturated heterocycles. The van der Waals surface area contributed by atoms with Crippen LogP contribution in [-0.4, -0.2) is 35.1 Å². The van der Waals surface area contributed by atoms with Gasteiger partial charge in [-0.3, -0.25) is 4.79 Å². The summed E-state index contributed by atoms with van der Waals surface area (Å²) < 4.78 is 31.1. The van der Waals surface area contributed by atoms with Crippen molar-refractivity contribution in [3.63, 3.8) is 0 Å². The van der Waals surface area contributed by atoms with Gasteiger partial charge in [0.2, 0.25) is 0 Å². The van der Waals surface area contributed by atoms with Gasteiger partial charge in [-0.1, -0.05) is 37.8 Å². The third-order valence-corrected chi connectivity index (χ3v) is 9.20. The molecule has 3 N–H and O–H groups in total. The number of aromatic hydroxyl groups is 1. The Hall–Kier alpha value is -3.40. The number of rotatable bonds is 5. The van der Waals surface area contributed by atoms with Gasteiger partial charge in [-0.2, -0.15) is 8.42 Å². The number of nitrogens with zero attached hydrogens (tertiary/aromatic N) is 3. The molecule has 10 heteroatoms. The maximum atomic E-state index is 14.0. The summed E-state index contributed by atoms with van der Waals surface area (Å²) in [7, 11) is -4.06. The Balaban J connectivity index is 1.52. The molecule has 1 aromatic carbocycles. The number of aromatic nitrogens is 2. The Bertz CT molecular complexity index is 1500. The van der Waals surface area contributed by atoms with Crippen LogP contribution in [0, 0.1) is 11.8 Å². The molecule has 0 radical (unpaired) electrons. The van der Waals surface area contributed by atoms with E-state index < -0.39 is 15.6 Å². The molecule has 2 fully saturated rings. The van der Waals surface area contributed by atoms with Crippen LogP contribution in [-0.2, 0) is 10.0 Å². The molecular formula is C26H29N5O4S. The summed E-state index contributed by atoms with van der Waals surface area (Å²) in [6, 6.07) is 9.81. The molecule has 36 heavy (non-hydrogen) atoms. The Morgan fingerprint density at radius 1 is 1.00 bits per heavy atom. The molecule has 2 aliphatic carbocycles. The SMILES string of the molecule is O=c1c(C2=NS(=O)(=O)c3ccccc3N2)c(O)c2cccnc2n1NC(C1CCCC1)C1CCCC1.